The van der Waals surface area contributed by atoms with Crippen LogP contribution in [0.3, 0.4) is 0 Å². The standard InChI is InChI=1S/C14H15ClN4O/c1-3-11-4-10(5-13(15)19-11)14(20)18-8-12-7-16-9(2)6-17-12/h4-7H,3,8H2,1-2H3,(H,18,20). The van der Waals surface area contributed by atoms with E-state index in [0.29, 0.717) is 23.0 Å². The molecule has 104 valence electrons. The van der Waals surface area contributed by atoms with Crippen LogP contribution in [-0.4, -0.2) is 20.9 Å². The van der Waals surface area contributed by atoms with Crippen LogP contribution in [0, 0.1) is 6.92 Å². The Hall–Kier alpha value is -2.01. The highest BCUT2D eigenvalue weighted by Gasteiger charge is 2.09. The lowest BCUT2D eigenvalue weighted by atomic mass is 10.2. The van der Waals surface area contributed by atoms with E-state index in [-0.39, 0.29) is 5.91 Å². The minimum atomic E-state index is -0.202. The van der Waals surface area contributed by atoms with Gasteiger partial charge in [-0.3, -0.25) is 14.8 Å². The average Bonchev–Trinajstić information content (AvgIpc) is 2.45. The molecule has 2 heterocycles. The molecule has 0 aliphatic heterocycles. The molecule has 0 spiro atoms. The zero-order valence-electron chi connectivity index (χ0n) is 11.4. The summed E-state index contributed by atoms with van der Waals surface area (Å²) in [5.41, 5.74) is 2.84. The predicted molar refractivity (Wildman–Crippen MR) is 76.6 cm³/mol. The molecular formula is C14H15ClN4O. The molecule has 0 radical (unpaired) electrons. The van der Waals surface area contributed by atoms with Crippen LogP contribution in [0.15, 0.2) is 24.5 Å². The second kappa shape index (κ2) is 6.43. The van der Waals surface area contributed by atoms with Crippen molar-refractivity contribution in [3.05, 3.63) is 52.3 Å². The van der Waals surface area contributed by atoms with Crippen molar-refractivity contribution in [1.82, 2.24) is 20.3 Å². The molecule has 0 bridgehead atoms. The van der Waals surface area contributed by atoms with E-state index in [0.717, 1.165) is 17.8 Å². The smallest absolute Gasteiger partial charge is 0.251 e. The van der Waals surface area contributed by atoms with E-state index in [1.165, 1.54) is 0 Å². The van der Waals surface area contributed by atoms with Crippen molar-refractivity contribution in [2.75, 3.05) is 0 Å². The summed E-state index contributed by atoms with van der Waals surface area (Å²) in [5, 5.41) is 3.11. The van der Waals surface area contributed by atoms with Crippen molar-refractivity contribution in [2.24, 2.45) is 0 Å². The van der Waals surface area contributed by atoms with Gasteiger partial charge in [0.1, 0.15) is 5.15 Å². The number of pyridine rings is 1. The number of aryl methyl sites for hydroxylation is 2. The second-order valence-corrected chi connectivity index (χ2v) is 4.74. The number of carbonyl (C=O) groups excluding carboxylic acids is 1. The average molecular weight is 291 g/mol. The Kier molecular flexibility index (Phi) is 4.63. The molecule has 6 heteroatoms. The third-order valence-corrected chi connectivity index (χ3v) is 2.93. The van der Waals surface area contributed by atoms with E-state index in [1.807, 2.05) is 13.8 Å². The molecular weight excluding hydrogens is 276 g/mol. The van der Waals surface area contributed by atoms with Crippen LogP contribution >= 0.6 is 11.6 Å². The van der Waals surface area contributed by atoms with Gasteiger partial charge in [-0.15, -0.1) is 0 Å². The molecule has 0 saturated carbocycles. The van der Waals surface area contributed by atoms with Crippen molar-refractivity contribution in [3.63, 3.8) is 0 Å². The molecule has 20 heavy (non-hydrogen) atoms. The molecule has 1 N–H and O–H groups in total. The fourth-order valence-corrected chi connectivity index (χ4v) is 1.87. The van der Waals surface area contributed by atoms with Crippen molar-refractivity contribution in [3.8, 4) is 0 Å². The molecule has 0 fully saturated rings. The summed E-state index contributed by atoms with van der Waals surface area (Å²) < 4.78 is 0. The van der Waals surface area contributed by atoms with Gasteiger partial charge < -0.3 is 5.32 Å². The maximum atomic E-state index is 12.1. The van der Waals surface area contributed by atoms with Crippen LogP contribution in [0.4, 0.5) is 0 Å². The van der Waals surface area contributed by atoms with E-state index in [4.69, 9.17) is 11.6 Å². The number of halogens is 1. The lowest BCUT2D eigenvalue weighted by Gasteiger charge is -2.06. The minimum Gasteiger partial charge on any atom is -0.346 e. The van der Waals surface area contributed by atoms with E-state index in [1.54, 1.807) is 24.5 Å². The zero-order valence-corrected chi connectivity index (χ0v) is 12.1. The molecule has 2 aromatic rings. The van der Waals surface area contributed by atoms with Crippen LogP contribution in [0.1, 0.15) is 34.4 Å². The van der Waals surface area contributed by atoms with Crippen LogP contribution < -0.4 is 5.32 Å². The monoisotopic (exact) mass is 290 g/mol. The topological polar surface area (TPSA) is 67.8 Å². The van der Waals surface area contributed by atoms with Gasteiger partial charge in [0.15, 0.2) is 0 Å². The third kappa shape index (κ3) is 3.74. The van der Waals surface area contributed by atoms with E-state index >= 15 is 0 Å². The van der Waals surface area contributed by atoms with Gasteiger partial charge in [0.05, 0.1) is 24.1 Å². The molecule has 2 aromatic heterocycles. The summed E-state index contributed by atoms with van der Waals surface area (Å²) in [6, 6.07) is 3.29. The predicted octanol–water partition coefficient (Wildman–Crippen LogP) is 2.33. The number of nitrogens with one attached hydrogen (secondary N) is 1. The van der Waals surface area contributed by atoms with Gasteiger partial charge in [0.25, 0.3) is 5.91 Å². The van der Waals surface area contributed by atoms with Gasteiger partial charge in [-0.1, -0.05) is 18.5 Å². The van der Waals surface area contributed by atoms with Crippen LogP contribution in [0.5, 0.6) is 0 Å². The van der Waals surface area contributed by atoms with Gasteiger partial charge in [0, 0.05) is 17.5 Å². The Balaban J connectivity index is 2.04. The molecule has 0 unspecified atom stereocenters. The number of aromatic nitrogens is 3. The Labute approximate surface area is 122 Å². The van der Waals surface area contributed by atoms with Crippen molar-refractivity contribution in [1.29, 1.82) is 0 Å². The normalized spacial score (nSPS) is 10.3. The highest BCUT2D eigenvalue weighted by Crippen LogP contribution is 2.11. The molecule has 2 rings (SSSR count). The van der Waals surface area contributed by atoms with E-state index < -0.39 is 0 Å². The van der Waals surface area contributed by atoms with Crippen molar-refractivity contribution >= 4 is 17.5 Å². The van der Waals surface area contributed by atoms with Crippen LogP contribution in [0.2, 0.25) is 5.15 Å². The molecule has 0 aliphatic carbocycles. The number of carbonyl (C=O) groups is 1. The molecule has 0 saturated heterocycles. The molecule has 0 aliphatic rings. The highest BCUT2D eigenvalue weighted by molar-refractivity contribution is 6.29. The van der Waals surface area contributed by atoms with Gasteiger partial charge >= 0.3 is 0 Å². The lowest BCUT2D eigenvalue weighted by Crippen LogP contribution is -2.23. The summed E-state index contributed by atoms with van der Waals surface area (Å²) in [7, 11) is 0. The lowest BCUT2D eigenvalue weighted by molar-refractivity contribution is 0.0950. The largest absolute Gasteiger partial charge is 0.346 e. The van der Waals surface area contributed by atoms with Gasteiger partial charge in [-0.25, -0.2) is 4.98 Å². The number of amides is 1. The summed E-state index contributed by atoms with van der Waals surface area (Å²) >= 11 is 5.89. The minimum absolute atomic E-state index is 0.202. The molecule has 5 nitrogen and oxygen atoms in total. The summed E-state index contributed by atoms with van der Waals surface area (Å²) in [6.45, 7) is 4.15. The zero-order chi connectivity index (χ0) is 14.5. The quantitative estimate of drug-likeness (QED) is 0.878. The Morgan fingerprint density at radius 1 is 1.25 bits per heavy atom. The first-order valence-corrected chi connectivity index (χ1v) is 6.68. The highest BCUT2D eigenvalue weighted by atomic mass is 35.5. The fourth-order valence-electron chi connectivity index (χ4n) is 1.65. The summed E-state index contributed by atoms with van der Waals surface area (Å²) in [4.78, 5) is 24.5. The van der Waals surface area contributed by atoms with Crippen molar-refractivity contribution < 1.29 is 4.79 Å². The molecule has 1 amide bonds. The first-order valence-electron chi connectivity index (χ1n) is 6.30. The number of hydrogen-bond donors (Lipinski definition) is 1. The molecule has 0 atom stereocenters. The Morgan fingerprint density at radius 3 is 2.70 bits per heavy atom. The summed E-state index contributed by atoms with van der Waals surface area (Å²) in [6.07, 6.45) is 4.04. The Morgan fingerprint density at radius 2 is 2.05 bits per heavy atom. The van der Waals surface area contributed by atoms with E-state index in [2.05, 4.69) is 20.3 Å². The summed E-state index contributed by atoms with van der Waals surface area (Å²) in [5.74, 6) is -0.202. The van der Waals surface area contributed by atoms with Gasteiger partial charge in [-0.2, -0.15) is 0 Å². The first kappa shape index (κ1) is 14.4. The van der Waals surface area contributed by atoms with Gasteiger partial charge in [-0.05, 0) is 25.5 Å². The Bertz CT molecular complexity index is 613. The third-order valence-electron chi connectivity index (χ3n) is 2.74. The number of hydrogen-bond acceptors (Lipinski definition) is 4. The van der Waals surface area contributed by atoms with Crippen molar-refractivity contribution in [2.45, 2.75) is 26.8 Å². The van der Waals surface area contributed by atoms with E-state index in [9.17, 15) is 4.79 Å². The first-order chi connectivity index (χ1) is 9.58. The van der Waals surface area contributed by atoms with Crippen LogP contribution in [-0.2, 0) is 13.0 Å². The fraction of sp³-hybridized carbons (Fsp3) is 0.286. The maximum Gasteiger partial charge on any atom is 0.251 e. The number of rotatable bonds is 4. The van der Waals surface area contributed by atoms with Crippen LogP contribution in [0.25, 0.3) is 0 Å². The number of nitrogens with zero attached hydrogens (tertiary/aromatic N) is 3. The SMILES string of the molecule is CCc1cc(C(=O)NCc2cnc(C)cn2)cc(Cl)n1. The van der Waals surface area contributed by atoms with Gasteiger partial charge in [0.2, 0.25) is 0 Å². The molecule has 0 aromatic carbocycles. The second-order valence-electron chi connectivity index (χ2n) is 4.36. The maximum absolute atomic E-state index is 12.1.